The summed E-state index contributed by atoms with van der Waals surface area (Å²) >= 11 is 3.34. The lowest BCUT2D eigenvalue weighted by molar-refractivity contribution is 0.290. The molecule has 0 radical (unpaired) electrons. The fourth-order valence-corrected chi connectivity index (χ4v) is 5.04. The largest absolute Gasteiger partial charge is 0.312 e. The van der Waals surface area contributed by atoms with E-state index in [1.807, 2.05) is 0 Å². The first-order valence-electron chi connectivity index (χ1n) is 7.61. The molecule has 1 aromatic rings. The molecule has 0 aromatic heterocycles. The summed E-state index contributed by atoms with van der Waals surface area (Å²) in [4.78, 5) is 0.435. The molecule has 118 valence electrons. The minimum Gasteiger partial charge on any atom is -0.312 e. The molecule has 3 nitrogen and oxygen atoms in total. The van der Waals surface area contributed by atoms with Crippen molar-refractivity contribution in [1.82, 2.24) is 5.32 Å². The standard InChI is InChI=1S/C16H24BrNO2S/c1-12(2)18-15-5-3-4-13(10-15)11-21(19,20)16-8-6-14(17)7-9-16/h6-9,12-13,15,18H,3-5,10-11H2,1-2H3/t13-,15+/m1/s1. The Bertz CT molecular complexity index is 554. The molecule has 2 atom stereocenters. The molecule has 1 saturated carbocycles. The van der Waals surface area contributed by atoms with Gasteiger partial charge in [-0.15, -0.1) is 0 Å². The molecule has 5 heteroatoms. The van der Waals surface area contributed by atoms with Crippen molar-refractivity contribution in [1.29, 1.82) is 0 Å². The van der Waals surface area contributed by atoms with Gasteiger partial charge in [-0.05, 0) is 49.4 Å². The predicted octanol–water partition coefficient (Wildman–Crippen LogP) is 3.78. The Hall–Kier alpha value is -0.390. The smallest absolute Gasteiger partial charge is 0.178 e. The molecule has 21 heavy (non-hydrogen) atoms. The van der Waals surface area contributed by atoms with Crippen molar-refractivity contribution >= 4 is 25.8 Å². The maximum atomic E-state index is 12.5. The van der Waals surface area contributed by atoms with Crippen LogP contribution in [-0.2, 0) is 9.84 Å². The van der Waals surface area contributed by atoms with Gasteiger partial charge >= 0.3 is 0 Å². The van der Waals surface area contributed by atoms with Crippen LogP contribution in [0, 0.1) is 5.92 Å². The van der Waals surface area contributed by atoms with E-state index < -0.39 is 9.84 Å². The minimum atomic E-state index is -3.18. The zero-order valence-corrected chi connectivity index (χ0v) is 15.1. The molecule has 1 N–H and O–H groups in total. The van der Waals surface area contributed by atoms with E-state index in [1.165, 1.54) is 0 Å². The summed E-state index contributed by atoms with van der Waals surface area (Å²) in [5, 5.41) is 3.54. The average Bonchev–Trinajstić information content (AvgIpc) is 2.38. The fourth-order valence-electron chi connectivity index (χ4n) is 3.11. The molecule has 0 saturated heterocycles. The van der Waals surface area contributed by atoms with Crippen LogP contribution in [-0.4, -0.2) is 26.3 Å². The van der Waals surface area contributed by atoms with Crippen LogP contribution in [0.2, 0.25) is 0 Å². The maximum Gasteiger partial charge on any atom is 0.178 e. The lowest BCUT2D eigenvalue weighted by Crippen LogP contribution is -2.39. The molecule has 0 heterocycles. The molecule has 1 aliphatic carbocycles. The number of halogens is 1. The van der Waals surface area contributed by atoms with Crippen LogP contribution in [0.3, 0.4) is 0 Å². The van der Waals surface area contributed by atoms with E-state index >= 15 is 0 Å². The van der Waals surface area contributed by atoms with Gasteiger partial charge in [0.25, 0.3) is 0 Å². The first-order chi connectivity index (χ1) is 9.87. The number of hydrogen-bond donors (Lipinski definition) is 1. The van der Waals surface area contributed by atoms with E-state index in [1.54, 1.807) is 24.3 Å². The van der Waals surface area contributed by atoms with Crippen molar-refractivity contribution in [3.63, 3.8) is 0 Å². The van der Waals surface area contributed by atoms with Gasteiger partial charge in [0.2, 0.25) is 0 Å². The predicted molar refractivity (Wildman–Crippen MR) is 90.2 cm³/mol. The van der Waals surface area contributed by atoms with E-state index in [0.717, 1.165) is 30.2 Å². The number of hydrogen-bond acceptors (Lipinski definition) is 3. The third-order valence-electron chi connectivity index (χ3n) is 3.98. The first-order valence-corrected chi connectivity index (χ1v) is 10.1. The van der Waals surface area contributed by atoms with Crippen LogP contribution >= 0.6 is 15.9 Å². The van der Waals surface area contributed by atoms with Crippen LogP contribution in [0.1, 0.15) is 39.5 Å². The summed E-state index contributed by atoms with van der Waals surface area (Å²) < 4.78 is 25.9. The molecule has 1 aliphatic rings. The monoisotopic (exact) mass is 373 g/mol. The topological polar surface area (TPSA) is 46.2 Å². The Morgan fingerprint density at radius 3 is 2.52 bits per heavy atom. The first kappa shape index (κ1) is 17.0. The van der Waals surface area contributed by atoms with Gasteiger partial charge in [0, 0.05) is 16.6 Å². The second-order valence-electron chi connectivity index (χ2n) is 6.29. The fraction of sp³-hybridized carbons (Fsp3) is 0.625. The Kier molecular flexibility index (Phi) is 5.86. The number of rotatable bonds is 5. The molecule has 2 rings (SSSR count). The molecule has 0 spiro atoms. The van der Waals surface area contributed by atoms with E-state index in [0.29, 0.717) is 17.0 Å². The zero-order chi connectivity index (χ0) is 15.5. The Morgan fingerprint density at radius 1 is 1.24 bits per heavy atom. The number of sulfone groups is 1. The van der Waals surface area contributed by atoms with Crippen molar-refractivity contribution in [2.75, 3.05) is 5.75 Å². The molecule has 1 aromatic carbocycles. The van der Waals surface area contributed by atoms with E-state index in [-0.39, 0.29) is 11.7 Å². The Balaban J connectivity index is 2.01. The molecule has 0 aliphatic heterocycles. The van der Waals surface area contributed by atoms with Crippen molar-refractivity contribution in [3.8, 4) is 0 Å². The third kappa shape index (κ3) is 5.08. The summed E-state index contributed by atoms with van der Waals surface area (Å²) in [5.41, 5.74) is 0. The van der Waals surface area contributed by atoms with Crippen LogP contribution in [0.25, 0.3) is 0 Å². The second kappa shape index (κ2) is 7.25. The summed E-state index contributed by atoms with van der Waals surface area (Å²) in [6.45, 7) is 4.28. The van der Waals surface area contributed by atoms with Crippen LogP contribution in [0.5, 0.6) is 0 Å². The van der Waals surface area contributed by atoms with Gasteiger partial charge in [-0.25, -0.2) is 8.42 Å². The summed E-state index contributed by atoms with van der Waals surface area (Å²) in [5.74, 6) is 0.536. The van der Waals surface area contributed by atoms with Crippen LogP contribution in [0.4, 0.5) is 0 Å². The number of benzene rings is 1. The van der Waals surface area contributed by atoms with Gasteiger partial charge in [0.15, 0.2) is 9.84 Å². The maximum absolute atomic E-state index is 12.5. The van der Waals surface area contributed by atoms with Crippen molar-refractivity contribution in [2.45, 2.75) is 56.5 Å². The lowest BCUT2D eigenvalue weighted by atomic mass is 9.86. The number of nitrogens with one attached hydrogen (secondary N) is 1. The van der Waals surface area contributed by atoms with Gasteiger partial charge in [0.1, 0.15) is 0 Å². The molecule has 1 fully saturated rings. The van der Waals surface area contributed by atoms with Gasteiger partial charge in [-0.2, -0.15) is 0 Å². The van der Waals surface area contributed by atoms with Gasteiger partial charge < -0.3 is 5.32 Å². The van der Waals surface area contributed by atoms with Crippen molar-refractivity contribution in [2.24, 2.45) is 5.92 Å². The van der Waals surface area contributed by atoms with E-state index in [9.17, 15) is 8.42 Å². The molecule has 0 unspecified atom stereocenters. The third-order valence-corrected chi connectivity index (χ3v) is 6.41. The Morgan fingerprint density at radius 2 is 1.90 bits per heavy atom. The summed E-state index contributed by atoms with van der Waals surface area (Å²) in [6, 6.07) is 7.87. The van der Waals surface area contributed by atoms with E-state index in [2.05, 4.69) is 35.1 Å². The highest BCUT2D eigenvalue weighted by Crippen LogP contribution is 2.28. The highest BCUT2D eigenvalue weighted by Gasteiger charge is 2.27. The van der Waals surface area contributed by atoms with Gasteiger partial charge in [-0.1, -0.05) is 36.2 Å². The highest BCUT2D eigenvalue weighted by atomic mass is 79.9. The summed E-state index contributed by atoms with van der Waals surface area (Å²) in [6.07, 6.45) is 4.26. The molecule has 0 amide bonds. The lowest BCUT2D eigenvalue weighted by Gasteiger charge is -2.31. The summed E-state index contributed by atoms with van der Waals surface area (Å²) in [7, 11) is -3.18. The normalized spacial score (nSPS) is 23.4. The molecular formula is C16H24BrNO2S. The Labute approximate surface area is 136 Å². The van der Waals surface area contributed by atoms with Gasteiger partial charge in [0.05, 0.1) is 10.6 Å². The minimum absolute atomic E-state index is 0.267. The highest BCUT2D eigenvalue weighted by molar-refractivity contribution is 9.10. The van der Waals surface area contributed by atoms with E-state index in [4.69, 9.17) is 0 Å². The SMILES string of the molecule is CC(C)N[C@H]1CCC[C@@H](CS(=O)(=O)c2ccc(Br)cc2)C1. The molecular weight excluding hydrogens is 350 g/mol. The van der Waals surface area contributed by atoms with Gasteiger partial charge in [-0.3, -0.25) is 0 Å². The average molecular weight is 374 g/mol. The van der Waals surface area contributed by atoms with Crippen molar-refractivity contribution in [3.05, 3.63) is 28.7 Å². The van der Waals surface area contributed by atoms with Crippen LogP contribution in [0.15, 0.2) is 33.6 Å². The quantitative estimate of drug-likeness (QED) is 0.853. The zero-order valence-electron chi connectivity index (χ0n) is 12.7. The second-order valence-corrected chi connectivity index (χ2v) is 9.24. The van der Waals surface area contributed by atoms with Crippen LogP contribution < -0.4 is 5.32 Å². The van der Waals surface area contributed by atoms with Crippen molar-refractivity contribution < 1.29 is 8.42 Å². The molecule has 0 bridgehead atoms.